The molecule has 0 aliphatic carbocycles. The van der Waals surface area contributed by atoms with Gasteiger partial charge < -0.3 is 10.4 Å². The van der Waals surface area contributed by atoms with Crippen molar-refractivity contribution in [3.05, 3.63) is 29.3 Å². The summed E-state index contributed by atoms with van der Waals surface area (Å²) < 4.78 is 26.7. The van der Waals surface area contributed by atoms with Gasteiger partial charge in [-0.05, 0) is 55.5 Å². The molecule has 10 heteroatoms. The molecule has 1 fully saturated rings. The van der Waals surface area contributed by atoms with Gasteiger partial charge in [0.1, 0.15) is 6.04 Å². The molecule has 1 aliphatic rings. The van der Waals surface area contributed by atoms with Crippen molar-refractivity contribution in [3.63, 3.8) is 0 Å². The lowest BCUT2D eigenvalue weighted by Crippen LogP contribution is -2.47. The summed E-state index contributed by atoms with van der Waals surface area (Å²) in [6, 6.07) is 5.05. The number of benzene rings is 1. The molecule has 0 radical (unpaired) electrons. The van der Waals surface area contributed by atoms with Crippen LogP contribution in [-0.4, -0.2) is 60.8 Å². The first-order valence-electron chi connectivity index (χ1n) is 8.53. The molecule has 1 amide bonds. The molecule has 1 heterocycles. The van der Waals surface area contributed by atoms with Gasteiger partial charge >= 0.3 is 5.97 Å². The minimum atomic E-state index is -3.63. The van der Waals surface area contributed by atoms with E-state index < -0.39 is 28.0 Å². The van der Waals surface area contributed by atoms with Crippen LogP contribution in [-0.2, 0) is 19.6 Å². The number of thioether (sulfide) groups is 1. The Labute approximate surface area is 168 Å². The first-order valence-corrected chi connectivity index (χ1v) is 11.7. The lowest BCUT2D eigenvalue weighted by molar-refractivity contribution is -0.142. The second-order valence-corrected chi connectivity index (χ2v) is 9.67. The maximum atomic E-state index is 12.7. The summed E-state index contributed by atoms with van der Waals surface area (Å²) in [7, 11) is -3.63. The molecule has 0 saturated carbocycles. The Kier molecular flexibility index (Phi) is 7.96. The smallest absolute Gasteiger partial charge is 0.326 e. The van der Waals surface area contributed by atoms with E-state index in [2.05, 4.69) is 5.32 Å². The summed E-state index contributed by atoms with van der Waals surface area (Å²) >= 11 is 7.32. The topological polar surface area (TPSA) is 104 Å². The van der Waals surface area contributed by atoms with Gasteiger partial charge in [0.2, 0.25) is 15.9 Å². The molecule has 0 aromatic heterocycles. The number of carboxylic acid groups (broad SMARTS) is 1. The van der Waals surface area contributed by atoms with E-state index in [-0.39, 0.29) is 23.9 Å². The highest BCUT2D eigenvalue weighted by molar-refractivity contribution is 7.98. The van der Waals surface area contributed by atoms with Gasteiger partial charge in [0.15, 0.2) is 0 Å². The molecule has 1 aromatic carbocycles. The van der Waals surface area contributed by atoms with Crippen molar-refractivity contribution in [2.75, 3.05) is 25.1 Å². The van der Waals surface area contributed by atoms with Gasteiger partial charge in [-0.1, -0.05) is 11.6 Å². The lowest BCUT2D eigenvalue weighted by atomic mass is 9.96. The summed E-state index contributed by atoms with van der Waals surface area (Å²) in [5.74, 6) is -1.14. The Balaban J connectivity index is 1.94. The second kappa shape index (κ2) is 9.77. The first-order chi connectivity index (χ1) is 12.8. The summed E-state index contributed by atoms with van der Waals surface area (Å²) in [6.07, 6.45) is 2.94. The SMILES string of the molecule is CSCCC(NC(=O)C1CCN(S(=O)(=O)c2ccc(Cl)cc2)CC1)C(=O)O. The van der Waals surface area contributed by atoms with Crippen molar-refractivity contribution in [3.8, 4) is 0 Å². The zero-order valence-electron chi connectivity index (χ0n) is 14.9. The summed E-state index contributed by atoms with van der Waals surface area (Å²) in [5, 5.41) is 12.3. The van der Waals surface area contributed by atoms with Gasteiger partial charge in [-0.25, -0.2) is 13.2 Å². The van der Waals surface area contributed by atoms with Crippen molar-refractivity contribution >= 4 is 45.3 Å². The molecule has 1 aromatic rings. The third-order valence-electron chi connectivity index (χ3n) is 4.50. The van der Waals surface area contributed by atoms with Crippen LogP contribution in [0.25, 0.3) is 0 Å². The number of nitrogens with one attached hydrogen (secondary N) is 1. The monoisotopic (exact) mass is 434 g/mol. The number of rotatable bonds is 8. The largest absolute Gasteiger partial charge is 0.480 e. The number of amides is 1. The zero-order valence-corrected chi connectivity index (χ0v) is 17.3. The molecule has 2 rings (SSSR count). The number of carbonyl (C=O) groups is 2. The Hall–Kier alpha value is -1.29. The van der Waals surface area contributed by atoms with Crippen LogP contribution in [0.5, 0.6) is 0 Å². The average molecular weight is 435 g/mol. The highest BCUT2D eigenvalue weighted by Crippen LogP contribution is 2.25. The number of aliphatic carboxylic acids is 1. The Morgan fingerprint density at radius 1 is 1.30 bits per heavy atom. The molecule has 2 N–H and O–H groups in total. The Bertz CT molecular complexity index is 762. The van der Waals surface area contributed by atoms with Gasteiger partial charge in [-0.3, -0.25) is 4.79 Å². The first kappa shape index (κ1) is 22.0. The molecule has 0 bridgehead atoms. The number of sulfonamides is 1. The van der Waals surface area contributed by atoms with Crippen LogP contribution in [0.2, 0.25) is 5.02 Å². The van der Waals surface area contributed by atoms with E-state index in [1.165, 1.54) is 40.3 Å². The third kappa shape index (κ3) is 5.84. The fourth-order valence-electron chi connectivity index (χ4n) is 2.90. The predicted octanol–water partition coefficient (Wildman–Crippen LogP) is 2.06. The molecule has 1 saturated heterocycles. The molecule has 1 atom stereocenters. The molecule has 1 unspecified atom stereocenters. The second-order valence-electron chi connectivity index (χ2n) is 6.31. The van der Waals surface area contributed by atoms with Gasteiger partial charge in [-0.2, -0.15) is 16.1 Å². The zero-order chi connectivity index (χ0) is 20.0. The number of halogens is 1. The molecule has 27 heavy (non-hydrogen) atoms. The van der Waals surface area contributed by atoms with E-state index in [0.717, 1.165) is 0 Å². The molecular formula is C17H23ClN2O5S2. The molecule has 1 aliphatic heterocycles. The minimum absolute atomic E-state index is 0.165. The number of hydrogen-bond donors (Lipinski definition) is 2. The number of hydrogen-bond acceptors (Lipinski definition) is 5. The Morgan fingerprint density at radius 3 is 2.41 bits per heavy atom. The number of carbonyl (C=O) groups excluding carboxylic acids is 1. The van der Waals surface area contributed by atoms with Crippen LogP contribution >= 0.6 is 23.4 Å². The van der Waals surface area contributed by atoms with E-state index in [4.69, 9.17) is 11.6 Å². The third-order valence-corrected chi connectivity index (χ3v) is 7.31. The van der Waals surface area contributed by atoms with Crippen LogP contribution in [0.3, 0.4) is 0 Å². The molecular weight excluding hydrogens is 412 g/mol. The average Bonchev–Trinajstić information content (AvgIpc) is 2.65. The van der Waals surface area contributed by atoms with Crippen LogP contribution < -0.4 is 5.32 Å². The van der Waals surface area contributed by atoms with Crippen molar-refractivity contribution in [1.82, 2.24) is 9.62 Å². The minimum Gasteiger partial charge on any atom is -0.480 e. The van der Waals surface area contributed by atoms with E-state index in [1.807, 2.05) is 6.26 Å². The van der Waals surface area contributed by atoms with Crippen molar-refractivity contribution < 1.29 is 23.1 Å². The van der Waals surface area contributed by atoms with Crippen molar-refractivity contribution in [2.24, 2.45) is 5.92 Å². The fourth-order valence-corrected chi connectivity index (χ4v) is 4.96. The van der Waals surface area contributed by atoms with Gasteiger partial charge in [-0.15, -0.1) is 0 Å². The highest BCUT2D eigenvalue weighted by atomic mass is 35.5. The van der Waals surface area contributed by atoms with Gasteiger partial charge in [0, 0.05) is 24.0 Å². The molecule has 0 spiro atoms. The van der Waals surface area contributed by atoms with Crippen LogP contribution in [0.15, 0.2) is 29.2 Å². The van der Waals surface area contributed by atoms with E-state index in [0.29, 0.717) is 30.0 Å². The lowest BCUT2D eigenvalue weighted by Gasteiger charge is -2.31. The highest BCUT2D eigenvalue weighted by Gasteiger charge is 2.33. The van der Waals surface area contributed by atoms with Crippen LogP contribution in [0, 0.1) is 5.92 Å². The maximum absolute atomic E-state index is 12.7. The van der Waals surface area contributed by atoms with Crippen molar-refractivity contribution in [1.29, 1.82) is 0 Å². The van der Waals surface area contributed by atoms with E-state index in [9.17, 15) is 23.1 Å². The standard InChI is InChI=1S/C17H23ClN2O5S2/c1-26-11-8-15(17(22)23)19-16(21)12-6-9-20(10-7-12)27(24,25)14-4-2-13(18)3-5-14/h2-5,12,15H,6-11H2,1H3,(H,19,21)(H,22,23). The number of carboxylic acids is 1. The number of piperidine rings is 1. The summed E-state index contributed by atoms with van der Waals surface area (Å²) in [6.45, 7) is 0.428. The molecule has 150 valence electrons. The predicted molar refractivity (Wildman–Crippen MR) is 106 cm³/mol. The van der Waals surface area contributed by atoms with Crippen molar-refractivity contribution in [2.45, 2.75) is 30.2 Å². The van der Waals surface area contributed by atoms with E-state index in [1.54, 1.807) is 0 Å². The van der Waals surface area contributed by atoms with Crippen LogP contribution in [0.4, 0.5) is 0 Å². The quantitative estimate of drug-likeness (QED) is 0.649. The Morgan fingerprint density at radius 2 is 1.89 bits per heavy atom. The number of nitrogens with zero attached hydrogens (tertiary/aromatic N) is 1. The van der Waals surface area contributed by atoms with Crippen LogP contribution in [0.1, 0.15) is 19.3 Å². The summed E-state index contributed by atoms with van der Waals surface area (Å²) in [5.41, 5.74) is 0. The molecule has 7 nitrogen and oxygen atoms in total. The summed E-state index contributed by atoms with van der Waals surface area (Å²) in [4.78, 5) is 23.8. The normalized spacial score (nSPS) is 17.4. The van der Waals surface area contributed by atoms with Gasteiger partial charge in [0.25, 0.3) is 0 Å². The van der Waals surface area contributed by atoms with E-state index >= 15 is 0 Å². The maximum Gasteiger partial charge on any atom is 0.326 e. The van der Waals surface area contributed by atoms with Gasteiger partial charge in [0.05, 0.1) is 4.90 Å². The fraction of sp³-hybridized carbons (Fsp3) is 0.529.